The molecule has 21 heavy (non-hydrogen) atoms. The Morgan fingerprint density at radius 1 is 1.38 bits per heavy atom. The number of hydrogen-bond donors (Lipinski definition) is 2. The lowest BCUT2D eigenvalue weighted by Crippen LogP contribution is -2.60. The van der Waals surface area contributed by atoms with Gasteiger partial charge in [-0.2, -0.15) is 0 Å². The van der Waals surface area contributed by atoms with Crippen molar-refractivity contribution >= 4 is 23.5 Å². The number of carboxylic acids is 1. The molecule has 1 amide bonds. The number of benzene rings is 1. The van der Waals surface area contributed by atoms with Gasteiger partial charge in [-0.15, -0.1) is 0 Å². The van der Waals surface area contributed by atoms with Gasteiger partial charge in [0.1, 0.15) is 5.54 Å². The minimum Gasteiger partial charge on any atom is -0.479 e. The molecule has 114 valence electrons. The number of rotatable bonds is 3. The number of nitrogens with one attached hydrogen (secondary N) is 1. The number of aryl methyl sites for hydroxylation is 1. The van der Waals surface area contributed by atoms with Gasteiger partial charge in [0, 0.05) is 10.6 Å². The minimum atomic E-state index is -1.17. The Kier molecular flexibility index (Phi) is 4.57. The van der Waals surface area contributed by atoms with E-state index >= 15 is 0 Å². The highest BCUT2D eigenvalue weighted by molar-refractivity contribution is 6.31. The van der Waals surface area contributed by atoms with Crippen LogP contribution >= 0.6 is 11.6 Å². The predicted octanol–water partition coefficient (Wildman–Crippen LogP) is 3.41. The first-order valence-corrected chi connectivity index (χ1v) is 7.56. The molecule has 1 aliphatic rings. The number of carbonyl (C=O) groups is 2. The van der Waals surface area contributed by atoms with Gasteiger partial charge in [-0.25, -0.2) is 4.79 Å². The van der Waals surface area contributed by atoms with Crippen LogP contribution < -0.4 is 5.32 Å². The smallest absolute Gasteiger partial charge is 0.329 e. The third kappa shape index (κ3) is 3.05. The lowest BCUT2D eigenvalue weighted by atomic mass is 9.73. The summed E-state index contributed by atoms with van der Waals surface area (Å²) in [6.07, 6.45) is 3.09. The Hall–Kier alpha value is -1.55. The lowest BCUT2D eigenvalue weighted by molar-refractivity contribution is -0.148. The zero-order chi connectivity index (χ0) is 15.6. The molecule has 0 aromatic heterocycles. The number of aliphatic carboxylic acids is 1. The van der Waals surface area contributed by atoms with Gasteiger partial charge in [0.15, 0.2) is 0 Å². The molecule has 1 aromatic carbocycles. The highest BCUT2D eigenvalue weighted by Crippen LogP contribution is 2.34. The molecule has 0 heterocycles. The molecule has 2 unspecified atom stereocenters. The average Bonchev–Trinajstić information content (AvgIpc) is 2.44. The predicted molar refractivity (Wildman–Crippen MR) is 81.7 cm³/mol. The van der Waals surface area contributed by atoms with Crippen molar-refractivity contribution in [1.29, 1.82) is 0 Å². The Morgan fingerprint density at radius 3 is 2.67 bits per heavy atom. The fraction of sp³-hybridized carbons (Fsp3) is 0.500. The van der Waals surface area contributed by atoms with Crippen molar-refractivity contribution in [3.05, 3.63) is 34.3 Å². The van der Waals surface area contributed by atoms with Gasteiger partial charge in [-0.3, -0.25) is 4.79 Å². The minimum absolute atomic E-state index is 0.0892. The molecule has 0 spiro atoms. The maximum absolute atomic E-state index is 12.4. The van der Waals surface area contributed by atoms with E-state index in [0.717, 1.165) is 24.8 Å². The van der Waals surface area contributed by atoms with E-state index in [1.165, 1.54) is 0 Å². The molecule has 1 saturated carbocycles. The molecular formula is C16H20ClNO3. The van der Waals surface area contributed by atoms with Crippen molar-refractivity contribution in [1.82, 2.24) is 5.32 Å². The standard InChI is InChI=1S/C16H20ClNO3/c1-10-6-7-12(9-13(10)17)14(19)18-16(15(20)21)8-4-3-5-11(16)2/h6-7,9,11H,3-5,8H2,1-2H3,(H,18,19)(H,20,21). The van der Waals surface area contributed by atoms with E-state index in [0.29, 0.717) is 17.0 Å². The van der Waals surface area contributed by atoms with Crippen LogP contribution in [0.25, 0.3) is 0 Å². The highest BCUT2D eigenvalue weighted by Gasteiger charge is 2.46. The summed E-state index contributed by atoms with van der Waals surface area (Å²) >= 11 is 6.03. The van der Waals surface area contributed by atoms with Crippen molar-refractivity contribution in [3.8, 4) is 0 Å². The molecule has 0 bridgehead atoms. The van der Waals surface area contributed by atoms with Gasteiger partial charge in [0.25, 0.3) is 5.91 Å². The molecule has 5 heteroatoms. The largest absolute Gasteiger partial charge is 0.479 e. The molecule has 1 fully saturated rings. The van der Waals surface area contributed by atoms with Crippen LogP contribution in [0.4, 0.5) is 0 Å². The van der Waals surface area contributed by atoms with Crippen molar-refractivity contribution < 1.29 is 14.7 Å². The van der Waals surface area contributed by atoms with Crippen molar-refractivity contribution in [2.75, 3.05) is 0 Å². The summed E-state index contributed by atoms with van der Waals surface area (Å²) in [6, 6.07) is 5.00. The summed E-state index contributed by atoms with van der Waals surface area (Å²) in [6.45, 7) is 3.74. The second-order valence-corrected chi connectivity index (χ2v) is 6.25. The van der Waals surface area contributed by atoms with E-state index in [9.17, 15) is 14.7 Å². The van der Waals surface area contributed by atoms with E-state index in [1.54, 1.807) is 18.2 Å². The third-order valence-electron chi connectivity index (χ3n) is 4.45. The summed E-state index contributed by atoms with van der Waals surface area (Å²) < 4.78 is 0. The second kappa shape index (κ2) is 6.06. The number of amides is 1. The van der Waals surface area contributed by atoms with E-state index in [-0.39, 0.29) is 11.8 Å². The van der Waals surface area contributed by atoms with Crippen LogP contribution in [0.2, 0.25) is 5.02 Å². The van der Waals surface area contributed by atoms with Crippen LogP contribution in [0, 0.1) is 12.8 Å². The maximum atomic E-state index is 12.4. The van der Waals surface area contributed by atoms with Crippen LogP contribution in [0.5, 0.6) is 0 Å². The van der Waals surface area contributed by atoms with E-state index in [4.69, 9.17) is 11.6 Å². The molecule has 1 aliphatic carbocycles. The number of hydrogen-bond acceptors (Lipinski definition) is 2. The normalized spacial score (nSPS) is 25.4. The molecule has 2 N–H and O–H groups in total. The Labute approximate surface area is 129 Å². The summed E-state index contributed by atoms with van der Waals surface area (Å²) in [4.78, 5) is 24.1. The first-order chi connectivity index (χ1) is 9.86. The molecule has 2 rings (SSSR count). The molecule has 0 radical (unpaired) electrons. The van der Waals surface area contributed by atoms with Crippen LogP contribution in [0.3, 0.4) is 0 Å². The number of carbonyl (C=O) groups excluding carboxylic acids is 1. The SMILES string of the molecule is Cc1ccc(C(=O)NC2(C(=O)O)CCCCC2C)cc1Cl. The molecule has 0 saturated heterocycles. The zero-order valence-electron chi connectivity index (χ0n) is 12.3. The van der Waals surface area contributed by atoms with Crippen LogP contribution in [0.15, 0.2) is 18.2 Å². The summed E-state index contributed by atoms with van der Waals surface area (Å²) in [7, 11) is 0. The van der Waals surface area contributed by atoms with E-state index < -0.39 is 11.5 Å². The average molecular weight is 310 g/mol. The quantitative estimate of drug-likeness (QED) is 0.899. The van der Waals surface area contributed by atoms with Gasteiger partial charge in [0.2, 0.25) is 0 Å². The van der Waals surface area contributed by atoms with Crippen LogP contribution in [0.1, 0.15) is 48.5 Å². The fourth-order valence-corrected chi connectivity index (χ4v) is 3.09. The first-order valence-electron chi connectivity index (χ1n) is 7.19. The molecule has 0 aliphatic heterocycles. The van der Waals surface area contributed by atoms with Gasteiger partial charge in [0.05, 0.1) is 0 Å². The summed E-state index contributed by atoms with van der Waals surface area (Å²) in [5.41, 5.74) is 0.100. The van der Waals surface area contributed by atoms with Crippen LogP contribution in [-0.2, 0) is 4.79 Å². The summed E-state index contributed by atoms with van der Waals surface area (Å²) in [5.74, 6) is -1.43. The monoisotopic (exact) mass is 309 g/mol. The van der Waals surface area contributed by atoms with Crippen molar-refractivity contribution in [3.63, 3.8) is 0 Å². The van der Waals surface area contributed by atoms with Crippen molar-refractivity contribution in [2.24, 2.45) is 5.92 Å². The van der Waals surface area contributed by atoms with E-state index in [2.05, 4.69) is 5.32 Å². The van der Waals surface area contributed by atoms with Crippen molar-refractivity contribution in [2.45, 2.75) is 45.1 Å². The van der Waals surface area contributed by atoms with Gasteiger partial charge in [-0.1, -0.05) is 37.4 Å². The molecule has 1 aromatic rings. The first kappa shape index (κ1) is 15.8. The third-order valence-corrected chi connectivity index (χ3v) is 4.86. The molecule has 2 atom stereocenters. The summed E-state index contributed by atoms with van der Waals surface area (Å²) in [5, 5.41) is 12.9. The second-order valence-electron chi connectivity index (χ2n) is 5.84. The van der Waals surface area contributed by atoms with Crippen LogP contribution in [-0.4, -0.2) is 22.5 Å². The lowest BCUT2D eigenvalue weighted by Gasteiger charge is -2.39. The topological polar surface area (TPSA) is 66.4 Å². The maximum Gasteiger partial charge on any atom is 0.329 e. The Bertz CT molecular complexity index is 573. The Morgan fingerprint density at radius 2 is 2.10 bits per heavy atom. The fourth-order valence-electron chi connectivity index (χ4n) is 2.91. The number of carboxylic acid groups (broad SMARTS) is 1. The highest BCUT2D eigenvalue weighted by atomic mass is 35.5. The Balaban J connectivity index is 2.26. The van der Waals surface area contributed by atoms with Gasteiger partial charge >= 0.3 is 5.97 Å². The molecule has 4 nitrogen and oxygen atoms in total. The van der Waals surface area contributed by atoms with E-state index in [1.807, 2.05) is 13.8 Å². The molecular weight excluding hydrogens is 290 g/mol. The van der Waals surface area contributed by atoms with Gasteiger partial charge in [-0.05, 0) is 43.4 Å². The number of halogens is 1. The van der Waals surface area contributed by atoms with Gasteiger partial charge < -0.3 is 10.4 Å². The zero-order valence-corrected chi connectivity index (χ0v) is 13.0.